The molecule has 1 aromatic heterocycles. The molecule has 1 aromatic carbocycles. The lowest BCUT2D eigenvalue weighted by molar-refractivity contribution is -0.138. The van der Waals surface area contributed by atoms with Gasteiger partial charge in [-0.05, 0) is 37.3 Å². The van der Waals surface area contributed by atoms with Crippen molar-refractivity contribution in [2.75, 3.05) is 11.9 Å². The number of phenolic OH excluding ortho intramolecular Hbond substituents is 1. The summed E-state index contributed by atoms with van der Waals surface area (Å²) < 4.78 is 18.5. The van der Waals surface area contributed by atoms with E-state index >= 15 is 0 Å². The van der Waals surface area contributed by atoms with Crippen LogP contribution in [0.25, 0.3) is 0 Å². The van der Waals surface area contributed by atoms with Crippen molar-refractivity contribution in [1.29, 1.82) is 0 Å². The molecule has 2 N–H and O–H groups in total. The summed E-state index contributed by atoms with van der Waals surface area (Å²) in [7, 11) is 0. The third-order valence-corrected chi connectivity index (χ3v) is 3.67. The first-order chi connectivity index (χ1) is 12.3. The van der Waals surface area contributed by atoms with Crippen LogP contribution in [0.2, 0.25) is 10.3 Å². The molecule has 0 spiro atoms. The van der Waals surface area contributed by atoms with Gasteiger partial charge >= 0.3 is 5.97 Å². The summed E-state index contributed by atoms with van der Waals surface area (Å²) in [6.07, 6.45) is 1.11. The molecule has 6 nitrogen and oxygen atoms in total. The first-order valence-corrected chi connectivity index (χ1v) is 8.08. The number of ether oxygens (including phenoxy) is 1. The van der Waals surface area contributed by atoms with Gasteiger partial charge in [-0.3, -0.25) is 4.79 Å². The van der Waals surface area contributed by atoms with Crippen molar-refractivity contribution in [3.05, 3.63) is 63.8 Å². The highest BCUT2D eigenvalue weighted by molar-refractivity contribution is 6.37. The van der Waals surface area contributed by atoms with Crippen molar-refractivity contribution in [3.8, 4) is 5.75 Å². The lowest BCUT2D eigenvalue weighted by Crippen LogP contribution is -2.18. The Labute approximate surface area is 158 Å². The Morgan fingerprint density at radius 2 is 1.92 bits per heavy atom. The normalized spacial score (nSPS) is 11.2. The van der Waals surface area contributed by atoms with Crippen LogP contribution in [0.5, 0.6) is 5.75 Å². The summed E-state index contributed by atoms with van der Waals surface area (Å²) in [4.78, 5) is 28.3. The fourth-order valence-electron chi connectivity index (χ4n) is 1.89. The van der Waals surface area contributed by atoms with Gasteiger partial charge in [-0.1, -0.05) is 23.2 Å². The van der Waals surface area contributed by atoms with Gasteiger partial charge < -0.3 is 15.2 Å². The molecule has 0 saturated carbocycles. The van der Waals surface area contributed by atoms with E-state index in [-0.39, 0.29) is 23.1 Å². The summed E-state index contributed by atoms with van der Waals surface area (Å²) in [6, 6.07) is 6.67. The summed E-state index contributed by atoms with van der Waals surface area (Å²) in [6.45, 7) is 1.60. The highest BCUT2D eigenvalue weighted by Gasteiger charge is 2.25. The summed E-state index contributed by atoms with van der Waals surface area (Å²) in [5.41, 5.74) is -0.255. The Bertz CT molecular complexity index is 870. The predicted octanol–water partition coefficient (Wildman–Crippen LogP) is 3.97. The van der Waals surface area contributed by atoms with E-state index in [1.807, 2.05) is 0 Å². The standard InChI is InChI=1S/C17H13Cl2FN2O4/c1-2-26-17(25)12(8-21-9-3-5-10(23)6-4-9)14(24)11-7-13(20)16(19)22-15(11)18/h3-8,21,23H,2H2,1H3. The maximum absolute atomic E-state index is 13.6. The van der Waals surface area contributed by atoms with Crippen LogP contribution in [0.3, 0.4) is 0 Å². The smallest absolute Gasteiger partial charge is 0.343 e. The number of aromatic nitrogens is 1. The molecule has 136 valence electrons. The number of halogens is 3. The van der Waals surface area contributed by atoms with Crippen LogP contribution in [0.4, 0.5) is 10.1 Å². The van der Waals surface area contributed by atoms with Crippen LogP contribution in [0, 0.1) is 5.82 Å². The average Bonchev–Trinajstić information content (AvgIpc) is 2.60. The van der Waals surface area contributed by atoms with Crippen LogP contribution >= 0.6 is 23.2 Å². The molecular weight excluding hydrogens is 386 g/mol. The number of rotatable bonds is 6. The Balaban J connectivity index is 2.39. The number of benzene rings is 1. The van der Waals surface area contributed by atoms with Gasteiger partial charge in [0, 0.05) is 11.9 Å². The summed E-state index contributed by atoms with van der Waals surface area (Å²) >= 11 is 11.4. The van der Waals surface area contributed by atoms with Gasteiger partial charge in [0.2, 0.25) is 5.78 Å². The zero-order valence-corrected chi connectivity index (χ0v) is 14.9. The topological polar surface area (TPSA) is 88.5 Å². The first-order valence-electron chi connectivity index (χ1n) is 7.32. The Morgan fingerprint density at radius 1 is 1.27 bits per heavy atom. The van der Waals surface area contributed by atoms with Gasteiger partial charge in [0.1, 0.15) is 16.5 Å². The second-order valence-electron chi connectivity index (χ2n) is 4.90. The summed E-state index contributed by atoms with van der Waals surface area (Å²) in [5, 5.41) is 11.2. The lowest BCUT2D eigenvalue weighted by atomic mass is 10.1. The molecule has 0 radical (unpaired) electrons. The van der Waals surface area contributed by atoms with E-state index in [4.69, 9.17) is 27.9 Å². The zero-order valence-electron chi connectivity index (χ0n) is 13.4. The number of carbonyl (C=O) groups is 2. The molecule has 0 amide bonds. The van der Waals surface area contributed by atoms with Gasteiger partial charge in [0.25, 0.3) is 0 Å². The van der Waals surface area contributed by atoms with E-state index in [1.54, 1.807) is 6.92 Å². The number of hydrogen-bond donors (Lipinski definition) is 2. The molecule has 0 unspecified atom stereocenters. The van der Waals surface area contributed by atoms with Crippen LogP contribution in [-0.4, -0.2) is 28.4 Å². The van der Waals surface area contributed by atoms with E-state index in [0.29, 0.717) is 5.69 Å². The minimum absolute atomic E-state index is 0.0314. The monoisotopic (exact) mass is 398 g/mol. The van der Waals surface area contributed by atoms with Gasteiger partial charge in [-0.2, -0.15) is 0 Å². The molecule has 0 aliphatic carbocycles. The molecule has 0 aliphatic heterocycles. The van der Waals surface area contributed by atoms with E-state index in [2.05, 4.69) is 10.3 Å². The third kappa shape index (κ3) is 4.71. The third-order valence-electron chi connectivity index (χ3n) is 3.12. The predicted molar refractivity (Wildman–Crippen MR) is 95.0 cm³/mol. The van der Waals surface area contributed by atoms with Crippen molar-refractivity contribution < 1.29 is 23.8 Å². The van der Waals surface area contributed by atoms with Crippen molar-refractivity contribution in [1.82, 2.24) is 4.98 Å². The minimum atomic E-state index is -0.950. The van der Waals surface area contributed by atoms with Crippen molar-refractivity contribution >= 4 is 40.6 Å². The SMILES string of the molecule is CCOC(=O)C(=CNc1ccc(O)cc1)C(=O)c1cc(F)c(Cl)nc1Cl. The number of Topliss-reactive ketones (excluding diaryl/α,β-unsaturated/α-hetero) is 1. The molecule has 0 aliphatic rings. The van der Waals surface area contributed by atoms with Gasteiger partial charge in [0.15, 0.2) is 11.0 Å². The number of pyridine rings is 1. The molecule has 9 heteroatoms. The number of carbonyl (C=O) groups excluding carboxylic acids is 2. The molecule has 2 aromatic rings. The number of aromatic hydroxyl groups is 1. The number of hydrogen-bond acceptors (Lipinski definition) is 6. The summed E-state index contributed by atoms with van der Waals surface area (Å²) in [5.74, 6) is -2.71. The Hall–Kier alpha value is -2.64. The van der Waals surface area contributed by atoms with Crippen LogP contribution in [0.1, 0.15) is 17.3 Å². The second kappa shape index (κ2) is 8.64. The van der Waals surface area contributed by atoms with Crippen molar-refractivity contribution in [2.45, 2.75) is 6.92 Å². The maximum Gasteiger partial charge on any atom is 0.343 e. The van der Waals surface area contributed by atoms with Crippen molar-refractivity contribution in [2.24, 2.45) is 0 Å². The van der Waals surface area contributed by atoms with Crippen LogP contribution in [-0.2, 0) is 9.53 Å². The van der Waals surface area contributed by atoms with Gasteiger partial charge in [-0.25, -0.2) is 14.2 Å². The minimum Gasteiger partial charge on any atom is -0.508 e. The number of esters is 1. The molecule has 2 rings (SSSR count). The molecule has 0 fully saturated rings. The number of ketones is 1. The Morgan fingerprint density at radius 3 is 2.54 bits per heavy atom. The van der Waals surface area contributed by atoms with E-state index < -0.39 is 28.3 Å². The molecule has 0 bridgehead atoms. The average molecular weight is 399 g/mol. The number of nitrogens with one attached hydrogen (secondary N) is 1. The first kappa shape index (κ1) is 19.7. The second-order valence-corrected chi connectivity index (χ2v) is 5.61. The van der Waals surface area contributed by atoms with Crippen molar-refractivity contribution in [3.63, 3.8) is 0 Å². The van der Waals surface area contributed by atoms with E-state index in [9.17, 15) is 19.1 Å². The number of anilines is 1. The van der Waals surface area contributed by atoms with Crippen LogP contribution in [0.15, 0.2) is 42.1 Å². The molecule has 0 atom stereocenters. The molecule has 1 heterocycles. The fourth-order valence-corrected chi connectivity index (χ4v) is 2.30. The molecular formula is C17H13Cl2FN2O4. The largest absolute Gasteiger partial charge is 0.508 e. The maximum atomic E-state index is 13.6. The molecule has 26 heavy (non-hydrogen) atoms. The van der Waals surface area contributed by atoms with E-state index in [0.717, 1.165) is 12.3 Å². The lowest BCUT2D eigenvalue weighted by Gasteiger charge is -2.09. The van der Waals surface area contributed by atoms with Gasteiger partial charge in [-0.15, -0.1) is 0 Å². The number of nitrogens with zero attached hydrogens (tertiary/aromatic N) is 1. The highest BCUT2D eigenvalue weighted by Crippen LogP contribution is 2.23. The Kier molecular flexibility index (Phi) is 6.54. The fraction of sp³-hybridized carbons (Fsp3) is 0.118. The van der Waals surface area contributed by atoms with Gasteiger partial charge in [0.05, 0.1) is 12.2 Å². The molecule has 0 saturated heterocycles. The van der Waals surface area contributed by atoms with Crippen LogP contribution < -0.4 is 5.32 Å². The van der Waals surface area contributed by atoms with E-state index in [1.165, 1.54) is 24.3 Å². The number of phenols is 1. The quantitative estimate of drug-likeness (QED) is 0.145. The highest BCUT2D eigenvalue weighted by atomic mass is 35.5. The zero-order chi connectivity index (χ0) is 19.3.